The lowest BCUT2D eigenvalue weighted by atomic mass is 10.1. The third kappa shape index (κ3) is 3.07. The molecular weight excluding hydrogens is 402 g/mol. The number of H-pyrrole nitrogens is 1. The van der Waals surface area contributed by atoms with Crippen molar-refractivity contribution in [1.82, 2.24) is 13.9 Å². The second-order valence-electron chi connectivity index (χ2n) is 6.56. The predicted molar refractivity (Wildman–Crippen MR) is 105 cm³/mol. The van der Waals surface area contributed by atoms with Crippen LogP contribution in [-0.4, -0.2) is 48.4 Å². The molecule has 0 bridgehead atoms. The van der Waals surface area contributed by atoms with Crippen LogP contribution in [0.1, 0.15) is 28.6 Å². The van der Waals surface area contributed by atoms with E-state index in [-0.39, 0.29) is 34.6 Å². The highest BCUT2D eigenvalue weighted by atomic mass is 32.2. The molecule has 3 aromatic rings. The van der Waals surface area contributed by atoms with Crippen LogP contribution in [0.2, 0.25) is 0 Å². The molecule has 0 spiro atoms. The van der Waals surface area contributed by atoms with Crippen molar-refractivity contribution in [3.8, 4) is 0 Å². The molecule has 2 aromatic heterocycles. The van der Waals surface area contributed by atoms with E-state index in [1.807, 2.05) is 24.3 Å². The van der Waals surface area contributed by atoms with Gasteiger partial charge in [0, 0.05) is 19.1 Å². The Hall–Kier alpha value is -2.43. The van der Waals surface area contributed by atoms with Crippen molar-refractivity contribution in [3.63, 3.8) is 0 Å². The van der Waals surface area contributed by atoms with Gasteiger partial charge < -0.3 is 9.72 Å². The molecular formula is C18H19N3O5S2. The number of carbonyl (C=O) groups is 1. The van der Waals surface area contributed by atoms with Crippen LogP contribution in [0.4, 0.5) is 0 Å². The van der Waals surface area contributed by atoms with Gasteiger partial charge in [-0.3, -0.25) is 4.57 Å². The Morgan fingerprint density at radius 2 is 1.93 bits per heavy atom. The lowest BCUT2D eigenvalue weighted by molar-refractivity contribution is 0.0602. The van der Waals surface area contributed by atoms with E-state index in [0.717, 1.165) is 22.4 Å². The van der Waals surface area contributed by atoms with Crippen LogP contribution < -0.4 is 5.69 Å². The summed E-state index contributed by atoms with van der Waals surface area (Å²) in [6.45, 7) is 0.546. The lowest BCUT2D eigenvalue weighted by Crippen LogP contribution is -2.40. The molecule has 0 aliphatic carbocycles. The van der Waals surface area contributed by atoms with Crippen LogP contribution in [-0.2, 0) is 14.8 Å². The molecule has 0 atom stereocenters. The summed E-state index contributed by atoms with van der Waals surface area (Å²) >= 11 is 1.05. The molecule has 1 aliphatic rings. The number of aromatic nitrogens is 2. The first kappa shape index (κ1) is 18.9. The van der Waals surface area contributed by atoms with Gasteiger partial charge in [-0.2, -0.15) is 4.31 Å². The summed E-state index contributed by atoms with van der Waals surface area (Å²) < 4.78 is 33.8. The van der Waals surface area contributed by atoms with E-state index in [9.17, 15) is 18.0 Å². The van der Waals surface area contributed by atoms with Gasteiger partial charge >= 0.3 is 11.7 Å². The molecule has 1 saturated heterocycles. The molecule has 0 unspecified atom stereocenters. The van der Waals surface area contributed by atoms with Gasteiger partial charge in [-0.25, -0.2) is 18.0 Å². The zero-order valence-electron chi connectivity index (χ0n) is 15.1. The average molecular weight is 422 g/mol. The molecule has 3 heterocycles. The van der Waals surface area contributed by atoms with E-state index in [1.54, 1.807) is 9.95 Å². The Balaban J connectivity index is 1.57. The Morgan fingerprint density at radius 3 is 2.64 bits per heavy atom. The molecule has 1 N–H and O–H groups in total. The number of nitrogens with zero attached hydrogens (tertiary/aromatic N) is 2. The molecule has 28 heavy (non-hydrogen) atoms. The van der Waals surface area contributed by atoms with E-state index in [2.05, 4.69) is 9.72 Å². The largest absolute Gasteiger partial charge is 0.465 e. The molecule has 10 heteroatoms. The highest BCUT2D eigenvalue weighted by Gasteiger charge is 2.34. The monoisotopic (exact) mass is 421 g/mol. The van der Waals surface area contributed by atoms with E-state index in [1.165, 1.54) is 17.5 Å². The molecule has 4 rings (SSSR count). The molecule has 0 radical (unpaired) electrons. The van der Waals surface area contributed by atoms with Crippen LogP contribution in [0.15, 0.2) is 45.4 Å². The first-order chi connectivity index (χ1) is 13.4. The number of esters is 1. The van der Waals surface area contributed by atoms with E-state index in [4.69, 9.17) is 0 Å². The Kier molecular flexibility index (Phi) is 4.86. The van der Waals surface area contributed by atoms with Crippen LogP contribution in [0.25, 0.3) is 11.0 Å². The minimum absolute atomic E-state index is 0.0212. The lowest BCUT2D eigenvalue weighted by Gasteiger charge is -2.31. The number of piperidine rings is 1. The van der Waals surface area contributed by atoms with Gasteiger partial charge in [-0.1, -0.05) is 12.1 Å². The topological polar surface area (TPSA) is 101 Å². The summed E-state index contributed by atoms with van der Waals surface area (Å²) in [5, 5.41) is 1.57. The number of ether oxygens (including phenoxy) is 1. The number of fused-ring (bicyclic) bond motifs is 1. The number of rotatable bonds is 4. The van der Waals surface area contributed by atoms with E-state index >= 15 is 0 Å². The Bertz CT molecular complexity index is 1180. The fraction of sp³-hybridized carbons (Fsp3) is 0.333. The molecule has 1 fully saturated rings. The van der Waals surface area contributed by atoms with Crippen LogP contribution in [0.5, 0.6) is 0 Å². The minimum Gasteiger partial charge on any atom is -0.465 e. The number of imidazole rings is 1. The van der Waals surface area contributed by atoms with Gasteiger partial charge in [0.15, 0.2) is 0 Å². The number of nitrogens with one attached hydrogen (secondary N) is 1. The molecule has 0 saturated carbocycles. The minimum atomic E-state index is -3.80. The molecule has 0 amide bonds. The van der Waals surface area contributed by atoms with Crippen LogP contribution in [0.3, 0.4) is 0 Å². The number of thiophene rings is 1. The van der Waals surface area contributed by atoms with Crippen molar-refractivity contribution in [3.05, 3.63) is 51.1 Å². The Morgan fingerprint density at radius 1 is 1.21 bits per heavy atom. The molecule has 8 nitrogen and oxygen atoms in total. The normalized spacial score (nSPS) is 16.5. The molecule has 1 aliphatic heterocycles. The van der Waals surface area contributed by atoms with Gasteiger partial charge in [0.1, 0.15) is 9.77 Å². The number of hydrogen-bond acceptors (Lipinski definition) is 6. The zero-order valence-corrected chi connectivity index (χ0v) is 16.8. The smallest absolute Gasteiger partial charge is 0.349 e. The van der Waals surface area contributed by atoms with Gasteiger partial charge in [0.25, 0.3) is 0 Å². The quantitative estimate of drug-likeness (QED) is 0.651. The van der Waals surface area contributed by atoms with Gasteiger partial charge in [0.05, 0.1) is 18.1 Å². The predicted octanol–water partition coefficient (Wildman–Crippen LogP) is 2.20. The third-order valence-corrected chi connectivity index (χ3v) is 7.99. The number of para-hydroxylation sites is 2. The standard InChI is InChI=1S/C18H19N3O5S2/c1-26-17(22)16-15(8-11-27-16)28(24,25)20-9-6-12(7-10-20)21-14-5-3-2-4-13(14)19-18(21)23/h2-5,8,11-12H,6-7,9-10H2,1H3,(H,19,23). The number of hydrogen-bond donors (Lipinski definition) is 1. The summed E-state index contributed by atoms with van der Waals surface area (Å²) in [5.74, 6) is -0.659. The highest BCUT2D eigenvalue weighted by Crippen LogP contribution is 2.31. The second kappa shape index (κ2) is 7.19. The van der Waals surface area contributed by atoms with Crippen molar-refractivity contribution < 1.29 is 17.9 Å². The van der Waals surface area contributed by atoms with Crippen molar-refractivity contribution in [1.29, 1.82) is 0 Å². The van der Waals surface area contributed by atoms with Crippen molar-refractivity contribution >= 4 is 38.4 Å². The second-order valence-corrected chi connectivity index (χ2v) is 9.38. The number of benzene rings is 1. The summed E-state index contributed by atoms with van der Waals surface area (Å²) in [5.41, 5.74) is 1.40. The number of sulfonamides is 1. The van der Waals surface area contributed by atoms with Crippen molar-refractivity contribution in [2.75, 3.05) is 20.2 Å². The zero-order chi connectivity index (χ0) is 19.9. The summed E-state index contributed by atoms with van der Waals surface area (Å²) in [7, 11) is -2.58. The first-order valence-corrected chi connectivity index (χ1v) is 11.1. The fourth-order valence-electron chi connectivity index (χ4n) is 3.66. The number of methoxy groups -OCH3 is 1. The fourth-order valence-corrected chi connectivity index (χ4v) is 6.44. The SMILES string of the molecule is COC(=O)c1sccc1S(=O)(=O)N1CCC(n2c(=O)[nH]c3ccccc32)CC1. The third-order valence-electron chi connectivity index (χ3n) is 5.03. The number of aromatic amines is 1. The maximum absolute atomic E-state index is 13.0. The van der Waals surface area contributed by atoms with Crippen LogP contribution in [0, 0.1) is 0 Å². The van der Waals surface area contributed by atoms with Gasteiger partial charge in [0.2, 0.25) is 10.0 Å². The molecule has 148 valence electrons. The summed E-state index contributed by atoms with van der Waals surface area (Å²) in [4.78, 5) is 27.1. The summed E-state index contributed by atoms with van der Waals surface area (Å²) in [6, 6.07) is 8.80. The van der Waals surface area contributed by atoms with Crippen molar-refractivity contribution in [2.45, 2.75) is 23.8 Å². The Labute approximate surface area is 165 Å². The van der Waals surface area contributed by atoms with Gasteiger partial charge in [-0.15, -0.1) is 11.3 Å². The van der Waals surface area contributed by atoms with E-state index in [0.29, 0.717) is 12.8 Å². The highest BCUT2D eigenvalue weighted by molar-refractivity contribution is 7.89. The van der Waals surface area contributed by atoms with Crippen molar-refractivity contribution in [2.24, 2.45) is 0 Å². The van der Waals surface area contributed by atoms with E-state index < -0.39 is 16.0 Å². The van der Waals surface area contributed by atoms with Crippen LogP contribution >= 0.6 is 11.3 Å². The molecule has 1 aromatic carbocycles. The average Bonchev–Trinajstić information content (AvgIpc) is 3.32. The first-order valence-electron chi connectivity index (χ1n) is 8.78. The van der Waals surface area contributed by atoms with Gasteiger partial charge in [-0.05, 0) is 36.4 Å². The number of carbonyl (C=O) groups excluding carboxylic acids is 1. The maximum Gasteiger partial charge on any atom is 0.349 e. The summed E-state index contributed by atoms with van der Waals surface area (Å²) in [6.07, 6.45) is 1.03. The maximum atomic E-state index is 13.0.